The van der Waals surface area contributed by atoms with Gasteiger partial charge in [0.05, 0.1) is 7.85 Å². The van der Waals surface area contributed by atoms with Gasteiger partial charge in [0, 0.05) is 19.0 Å². The van der Waals surface area contributed by atoms with E-state index in [2.05, 4.69) is 0 Å². The Balaban J connectivity index is 4.03. The Morgan fingerprint density at radius 2 is 2.00 bits per heavy atom. The maximum absolute atomic E-state index is 11.0. The van der Waals surface area contributed by atoms with E-state index in [1.807, 2.05) is 6.92 Å². The van der Waals surface area contributed by atoms with Crippen LogP contribution in [0.4, 0.5) is 0 Å². The minimum Gasteiger partial charge on any atom is -0.481 e. The molecule has 0 aromatic rings. The normalized spacial score (nSPS) is 15.0. The number of unbranched alkanes of at least 4 members (excludes halogenated alkanes) is 1. The maximum Gasteiger partial charge on any atom is 0.300 e. The van der Waals surface area contributed by atoms with Crippen LogP contribution in [0.15, 0.2) is 0 Å². The molecule has 0 heterocycles. The molecule has 3 nitrogen and oxygen atoms in total. The molecule has 4 heteroatoms. The van der Waals surface area contributed by atoms with E-state index in [1.165, 1.54) is 0 Å². The van der Waals surface area contributed by atoms with Crippen molar-refractivity contribution in [3.05, 3.63) is 0 Å². The minimum atomic E-state index is -1.06. The molecule has 1 atom stereocenters. The average molecular weight is 198 g/mol. The van der Waals surface area contributed by atoms with Crippen LogP contribution >= 0.6 is 0 Å². The van der Waals surface area contributed by atoms with E-state index in [9.17, 15) is 4.79 Å². The summed E-state index contributed by atoms with van der Waals surface area (Å²) >= 11 is 0. The van der Waals surface area contributed by atoms with Gasteiger partial charge in [0.15, 0.2) is 0 Å². The van der Waals surface area contributed by atoms with Crippen LogP contribution in [0.1, 0.15) is 39.0 Å². The summed E-state index contributed by atoms with van der Waals surface area (Å²) in [5, 5.41) is 7.93. The standard InChI is InChI=1S/C10H19BO3/c1-3-4-6-10(11,9(12)13)7-5-8-14-2/h3-8H2,1-2H3,(H,12,13). The average Bonchev–Trinajstić information content (AvgIpc) is 2.15. The summed E-state index contributed by atoms with van der Waals surface area (Å²) in [4.78, 5) is 11.0. The quantitative estimate of drug-likeness (QED) is 0.479. The van der Waals surface area contributed by atoms with Crippen molar-refractivity contribution in [3.63, 3.8) is 0 Å². The van der Waals surface area contributed by atoms with E-state index in [-0.39, 0.29) is 0 Å². The lowest BCUT2D eigenvalue weighted by molar-refractivity contribution is -0.141. The van der Waals surface area contributed by atoms with Crippen molar-refractivity contribution < 1.29 is 14.6 Å². The highest BCUT2D eigenvalue weighted by Crippen LogP contribution is 2.34. The molecule has 0 saturated heterocycles. The van der Waals surface area contributed by atoms with E-state index in [0.717, 1.165) is 12.8 Å². The molecule has 0 amide bonds. The molecule has 14 heavy (non-hydrogen) atoms. The number of carboxylic acids is 1. The van der Waals surface area contributed by atoms with Crippen molar-refractivity contribution in [2.24, 2.45) is 0 Å². The Morgan fingerprint density at radius 3 is 2.43 bits per heavy atom. The number of methoxy groups -OCH3 is 1. The fourth-order valence-corrected chi connectivity index (χ4v) is 1.36. The van der Waals surface area contributed by atoms with Gasteiger partial charge in [-0.2, -0.15) is 0 Å². The molecular weight excluding hydrogens is 179 g/mol. The van der Waals surface area contributed by atoms with E-state index < -0.39 is 11.3 Å². The molecule has 0 spiro atoms. The molecule has 0 aliphatic heterocycles. The third kappa shape index (κ3) is 4.65. The third-order valence-electron chi connectivity index (χ3n) is 2.37. The van der Waals surface area contributed by atoms with Gasteiger partial charge in [-0.05, 0) is 19.3 Å². The zero-order chi connectivity index (χ0) is 11.0. The van der Waals surface area contributed by atoms with E-state index in [4.69, 9.17) is 17.7 Å². The zero-order valence-electron chi connectivity index (χ0n) is 9.08. The summed E-state index contributed by atoms with van der Waals surface area (Å²) in [5.74, 6) is -0.901. The van der Waals surface area contributed by atoms with Gasteiger partial charge in [0.25, 0.3) is 0 Å². The number of carboxylic acid groups (broad SMARTS) is 1. The summed E-state index contributed by atoms with van der Waals surface area (Å²) < 4.78 is 4.87. The Labute approximate surface area is 87.2 Å². The van der Waals surface area contributed by atoms with Crippen molar-refractivity contribution in [3.8, 4) is 0 Å². The van der Waals surface area contributed by atoms with Crippen molar-refractivity contribution in [1.29, 1.82) is 0 Å². The SMILES string of the molecule is [B]C(CCCC)(CCCOC)C(=O)O. The summed E-state index contributed by atoms with van der Waals surface area (Å²) in [6.07, 6.45) is 3.55. The van der Waals surface area contributed by atoms with Gasteiger partial charge in [0.2, 0.25) is 0 Å². The fraction of sp³-hybridized carbons (Fsp3) is 0.900. The number of ether oxygens (including phenoxy) is 1. The topological polar surface area (TPSA) is 46.5 Å². The molecule has 0 aliphatic rings. The highest BCUT2D eigenvalue weighted by molar-refractivity contribution is 6.26. The summed E-state index contributed by atoms with van der Waals surface area (Å²) in [5.41, 5.74) is 0. The lowest BCUT2D eigenvalue weighted by atomic mass is 9.63. The second kappa shape index (κ2) is 6.88. The molecule has 0 rings (SSSR count). The van der Waals surface area contributed by atoms with Gasteiger partial charge in [-0.25, -0.2) is 0 Å². The largest absolute Gasteiger partial charge is 0.481 e. The molecular formula is C10H19BO3. The van der Waals surface area contributed by atoms with Crippen LogP contribution in [0.25, 0.3) is 0 Å². The highest BCUT2D eigenvalue weighted by atomic mass is 16.5. The van der Waals surface area contributed by atoms with Crippen LogP contribution in [0.3, 0.4) is 0 Å². The molecule has 1 N–H and O–H groups in total. The van der Waals surface area contributed by atoms with Gasteiger partial charge < -0.3 is 9.84 Å². The Bertz CT molecular complexity index is 173. The van der Waals surface area contributed by atoms with Crippen molar-refractivity contribution in [2.45, 2.75) is 44.3 Å². The summed E-state index contributed by atoms with van der Waals surface area (Å²) in [7, 11) is 7.41. The van der Waals surface area contributed by atoms with Crippen LogP contribution in [-0.4, -0.2) is 32.6 Å². The van der Waals surface area contributed by atoms with Crippen molar-refractivity contribution in [2.75, 3.05) is 13.7 Å². The third-order valence-corrected chi connectivity index (χ3v) is 2.37. The predicted octanol–water partition coefficient (Wildman–Crippen LogP) is 2.01. The van der Waals surface area contributed by atoms with E-state index in [1.54, 1.807) is 7.11 Å². The van der Waals surface area contributed by atoms with Crippen LogP contribution in [0.5, 0.6) is 0 Å². The van der Waals surface area contributed by atoms with Gasteiger partial charge in [-0.15, -0.1) is 0 Å². The lowest BCUT2D eigenvalue weighted by Gasteiger charge is -2.24. The number of aliphatic carboxylic acids is 1. The first kappa shape index (κ1) is 13.5. The van der Waals surface area contributed by atoms with Crippen molar-refractivity contribution in [1.82, 2.24) is 0 Å². The number of rotatable bonds is 8. The Hall–Kier alpha value is -0.505. The van der Waals surface area contributed by atoms with Gasteiger partial charge in [-0.3, -0.25) is 4.79 Å². The number of carbonyl (C=O) groups is 1. The second-order valence-corrected chi connectivity index (χ2v) is 3.66. The zero-order valence-corrected chi connectivity index (χ0v) is 9.08. The second-order valence-electron chi connectivity index (χ2n) is 3.66. The summed E-state index contributed by atoms with van der Waals surface area (Å²) in [6, 6.07) is 0. The molecule has 0 fully saturated rings. The molecule has 0 bridgehead atoms. The number of hydrogen-bond donors (Lipinski definition) is 1. The van der Waals surface area contributed by atoms with Gasteiger partial charge in [-0.1, -0.05) is 19.8 Å². The fourth-order valence-electron chi connectivity index (χ4n) is 1.36. The van der Waals surface area contributed by atoms with E-state index >= 15 is 0 Å². The highest BCUT2D eigenvalue weighted by Gasteiger charge is 2.30. The first-order valence-electron chi connectivity index (χ1n) is 5.08. The van der Waals surface area contributed by atoms with Crippen molar-refractivity contribution >= 4 is 13.8 Å². The molecule has 2 radical (unpaired) electrons. The van der Waals surface area contributed by atoms with Crippen LogP contribution in [0, 0.1) is 0 Å². The number of hydrogen-bond acceptors (Lipinski definition) is 2. The Kier molecular flexibility index (Phi) is 6.63. The van der Waals surface area contributed by atoms with E-state index in [0.29, 0.717) is 25.9 Å². The molecule has 80 valence electrons. The summed E-state index contributed by atoms with van der Waals surface area (Å²) in [6.45, 7) is 2.59. The monoisotopic (exact) mass is 198 g/mol. The van der Waals surface area contributed by atoms with Gasteiger partial charge >= 0.3 is 5.97 Å². The smallest absolute Gasteiger partial charge is 0.300 e. The molecule has 0 saturated carbocycles. The minimum absolute atomic E-state index is 0.482. The lowest BCUT2D eigenvalue weighted by Crippen LogP contribution is -2.24. The molecule has 0 aromatic heterocycles. The molecule has 0 aliphatic carbocycles. The van der Waals surface area contributed by atoms with Crippen LogP contribution in [-0.2, 0) is 9.53 Å². The Morgan fingerprint density at radius 1 is 1.43 bits per heavy atom. The van der Waals surface area contributed by atoms with Crippen LogP contribution < -0.4 is 0 Å². The van der Waals surface area contributed by atoms with Gasteiger partial charge in [0.1, 0.15) is 0 Å². The first-order chi connectivity index (χ1) is 6.56. The van der Waals surface area contributed by atoms with Crippen LogP contribution in [0.2, 0.25) is 5.31 Å². The maximum atomic E-state index is 11.0. The molecule has 0 aromatic carbocycles. The molecule has 1 unspecified atom stereocenters. The first-order valence-corrected chi connectivity index (χ1v) is 5.08. The predicted molar refractivity (Wildman–Crippen MR) is 56.7 cm³/mol.